The van der Waals surface area contributed by atoms with Crippen LogP contribution in [0, 0.1) is 5.92 Å². The van der Waals surface area contributed by atoms with Gasteiger partial charge in [0.1, 0.15) is 0 Å². The van der Waals surface area contributed by atoms with Crippen LogP contribution in [-0.4, -0.2) is 60.1 Å². The summed E-state index contributed by atoms with van der Waals surface area (Å²) in [5.41, 5.74) is 0.143. The fraction of sp³-hybridized carbons (Fsp3) is 0.952. The Kier molecular flexibility index (Phi) is 5.66. The molecule has 0 aromatic carbocycles. The van der Waals surface area contributed by atoms with Gasteiger partial charge in [0.2, 0.25) is 5.91 Å². The standard InChI is InChI=1S/C21H36N2O2/c24-20-9-11-21(23(20)17-19-8-4-15-25-19)10-5-13-22(14-12-21)16-18-6-2-1-3-7-18/h18-19H,1-17H2/t19-,21-/m0/s1. The summed E-state index contributed by atoms with van der Waals surface area (Å²) in [6.07, 6.45) is 15.2. The van der Waals surface area contributed by atoms with E-state index in [1.54, 1.807) is 0 Å². The van der Waals surface area contributed by atoms with Crippen LogP contribution in [0.3, 0.4) is 0 Å². The molecule has 0 aromatic rings. The molecule has 1 amide bonds. The van der Waals surface area contributed by atoms with Crippen LogP contribution in [0.2, 0.25) is 0 Å². The molecule has 3 heterocycles. The number of nitrogens with zero attached hydrogens (tertiary/aromatic N) is 2. The van der Waals surface area contributed by atoms with Crippen molar-refractivity contribution in [2.24, 2.45) is 5.92 Å². The molecule has 4 fully saturated rings. The van der Waals surface area contributed by atoms with Crippen LogP contribution in [0.1, 0.15) is 77.0 Å². The molecule has 3 saturated heterocycles. The van der Waals surface area contributed by atoms with Gasteiger partial charge in [-0.15, -0.1) is 0 Å². The van der Waals surface area contributed by atoms with Crippen LogP contribution in [-0.2, 0) is 9.53 Å². The van der Waals surface area contributed by atoms with Gasteiger partial charge in [0, 0.05) is 38.2 Å². The van der Waals surface area contributed by atoms with Crippen molar-refractivity contribution in [2.75, 3.05) is 32.8 Å². The molecule has 3 aliphatic heterocycles. The van der Waals surface area contributed by atoms with E-state index < -0.39 is 0 Å². The van der Waals surface area contributed by atoms with Crippen LogP contribution in [0.25, 0.3) is 0 Å². The average Bonchev–Trinajstić information content (AvgIpc) is 3.19. The smallest absolute Gasteiger partial charge is 0.223 e. The first-order valence-electron chi connectivity index (χ1n) is 10.9. The summed E-state index contributed by atoms with van der Waals surface area (Å²) in [5.74, 6) is 1.31. The number of amides is 1. The monoisotopic (exact) mass is 348 g/mol. The van der Waals surface area contributed by atoms with Gasteiger partial charge in [-0.1, -0.05) is 19.3 Å². The highest BCUT2D eigenvalue weighted by Gasteiger charge is 2.46. The third kappa shape index (κ3) is 4.05. The van der Waals surface area contributed by atoms with Crippen LogP contribution in [0.15, 0.2) is 0 Å². The highest BCUT2D eigenvalue weighted by molar-refractivity contribution is 5.79. The Bertz CT molecular complexity index is 457. The molecule has 0 N–H and O–H groups in total. The van der Waals surface area contributed by atoms with Crippen molar-refractivity contribution in [3.05, 3.63) is 0 Å². The molecule has 1 spiro atoms. The van der Waals surface area contributed by atoms with Crippen LogP contribution < -0.4 is 0 Å². The van der Waals surface area contributed by atoms with Gasteiger partial charge in [-0.3, -0.25) is 4.79 Å². The molecule has 0 bridgehead atoms. The molecule has 2 atom stereocenters. The van der Waals surface area contributed by atoms with E-state index in [9.17, 15) is 4.79 Å². The van der Waals surface area contributed by atoms with E-state index in [-0.39, 0.29) is 5.54 Å². The van der Waals surface area contributed by atoms with Gasteiger partial charge in [0.25, 0.3) is 0 Å². The SMILES string of the molecule is O=C1CC[C@]2(CCCN(CC3CCCCC3)CC2)N1C[C@@H]1CCCO1. The Morgan fingerprint density at radius 2 is 1.80 bits per heavy atom. The zero-order valence-corrected chi connectivity index (χ0v) is 15.9. The van der Waals surface area contributed by atoms with Gasteiger partial charge in [0.05, 0.1) is 6.10 Å². The van der Waals surface area contributed by atoms with E-state index in [1.165, 1.54) is 71.0 Å². The van der Waals surface area contributed by atoms with Crippen molar-refractivity contribution < 1.29 is 9.53 Å². The van der Waals surface area contributed by atoms with Crippen molar-refractivity contribution >= 4 is 5.91 Å². The predicted octanol–water partition coefficient (Wildman–Crippen LogP) is 3.59. The third-order valence-electron chi connectivity index (χ3n) is 7.34. The predicted molar refractivity (Wildman–Crippen MR) is 99.5 cm³/mol. The highest BCUT2D eigenvalue weighted by atomic mass is 16.5. The second kappa shape index (κ2) is 7.96. The van der Waals surface area contributed by atoms with Crippen molar-refractivity contribution in [3.63, 3.8) is 0 Å². The van der Waals surface area contributed by atoms with Gasteiger partial charge in [0.15, 0.2) is 0 Å². The number of likely N-dealkylation sites (tertiary alicyclic amines) is 2. The van der Waals surface area contributed by atoms with Crippen molar-refractivity contribution in [1.29, 1.82) is 0 Å². The summed E-state index contributed by atoms with van der Waals surface area (Å²) < 4.78 is 5.85. The fourth-order valence-electron chi connectivity index (χ4n) is 5.83. The minimum atomic E-state index is 0.143. The number of hydrogen-bond acceptors (Lipinski definition) is 3. The molecular formula is C21H36N2O2. The van der Waals surface area contributed by atoms with E-state index in [0.717, 1.165) is 44.8 Å². The molecular weight excluding hydrogens is 312 g/mol. The number of ether oxygens (including phenoxy) is 1. The Balaban J connectivity index is 1.36. The Morgan fingerprint density at radius 3 is 2.60 bits per heavy atom. The highest BCUT2D eigenvalue weighted by Crippen LogP contribution is 2.40. The first-order valence-corrected chi connectivity index (χ1v) is 10.9. The van der Waals surface area contributed by atoms with Crippen LogP contribution >= 0.6 is 0 Å². The van der Waals surface area contributed by atoms with Crippen LogP contribution in [0.5, 0.6) is 0 Å². The molecule has 4 rings (SSSR count). The summed E-state index contributed by atoms with van der Waals surface area (Å²) in [5, 5.41) is 0. The van der Waals surface area contributed by atoms with Gasteiger partial charge in [-0.2, -0.15) is 0 Å². The number of carbonyl (C=O) groups excluding carboxylic acids is 1. The lowest BCUT2D eigenvalue weighted by Gasteiger charge is -2.39. The maximum atomic E-state index is 12.6. The summed E-state index contributed by atoms with van der Waals surface area (Å²) in [4.78, 5) is 17.6. The second-order valence-corrected chi connectivity index (χ2v) is 9.02. The van der Waals surface area contributed by atoms with Gasteiger partial charge >= 0.3 is 0 Å². The summed E-state index contributed by atoms with van der Waals surface area (Å²) in [7, 11) is 0. The molecule has 4 aliphatic rings. The molecule has 4 nitrogen and oxygen atoms in total. The molecule has 4 heteroatoms. The second-order valence-electron chi connectivity index (χ2n) is 9.02. The lowest BCUT2D eigenvalue weighted by Crippen LogP contribution is -2.49. The van der Waals surface area contributed by atoms with Gasteiger partial charge in [-0.05, 0) is 63.8 Å². The minimum absolute atomic E-state index is 0.143. The molecule has 1 saturated carbocycles. The lowest BCUT2D eigenvalue weighted by atomic mass is 9.87. The minimum Gasteiger partial charge on any atom is -0.376 e. The van der Waals surface area contributed by atoms with Crippen LogP contribution in [0.4, 0.5) is 0 Å². The largest absolute Gasteiger partial charge is 0.376 e. The molecule has 0 unspecified atom stereocenters. The molecule has 1 aliphatic carbocycles. The van der Waals surface area contributed by atoms with Crippen molar-refractivity contribution in [2.45, 2.75) is 88.7 Å². The maximum absolute atomic E-state index is 12.6. The van der Waals surface area contributed by atoms with E-state index in [1.807, 2.05) is 0 Å². The summed E-state index contributed by atoms with van der Waals surface area (Å²) in [6, 6.07) is 0. The van der Waals surface area contributed by atoms with Gasteiger partial charge < -0.3 is 14.5 Å². The van der Waals surface area contributed by atoms with E-state index >= 15 is 0 Å². The Labute approximate surface area is 153 Å². The number of hydrogen-bond donors (Lipinski definition) is 0. The molecule has 0 radical (unpaired) electrons. The topological polar surface area (TPSA) is 32.8 Å². The zero-order chi connectivity index (χ0) is 17.1. The Hall–Kier alpha value is -0.610. The van der Waals surface area contributed by atoms with Crippen molar-refractivity contribution in [3.8, 4) is 0 Å². The van der Waals surface area contributed by atoms with E-state index in [4.69, 9.17) is 4.74 Å². The zero-order valence-electron chi connectivity index (χ0n) is 15.9. The normalized spacial score (nSPS) is 35.6. The number of carbonyl (C=O) groups is 1. The number of rotatable bonds is 4. The quantitative estimate of drug-likeness (QED) is 0.778. The first kappa shape index (κ1) is 17.8. The van der Waals surface area contributed by atoms with Gasteiger partial charge in [-0.25, -0.2) is 0 Å². The Morgan fingerprint density at radius 1 is 0.920 bits per heavy atom. The summed E-state index contributed by atoms with van der Waals surface area (Å²) >= 11 is 0. The fourth-order valence-corrected chi connectivity index (χ4v) is 5.83. The maximum Gasteiger partial charge on any atom is 0.223 e. The summed E-state index contributed by atoms with van der Waals surface area (Å²) in [6.45, 7) is 5.46. The third-order valence-corrected chi connectivity index (χ3v) is 7.34. The van der Waals surface area contributed by atoms with E-state index in [2.05, 4.69) is 9.80 Å². The van der Waals surface area contributed by atoms with Crippen molar-refractivity contribution in [1.82, 2.24) is 9.80 Å². The molecule has 142 valence electrons. The first-order chi connectivity index (χ1) is 12.3. The molecule has 25 heavy (non-hydrogen) atoms. The van der Waals surface area contributed by atoms with E-state index in [0.29, 0.717) is 12.0 Å². The molecule has 0 aromatic heterocycles. The average molecular weight is 349 g/mol. The lowest BCUT2D eigenvalue weighted by molar-refractivity contribution is -0.133.